The molecule has 2 amide bonds. The van der Waals surface area contributed by atoms with E-state index < -0.39 is 18.0 Å². The number of primary amides is 1. The molecular formula is C16H19N3O2. The summed E-state index contributed by atoms with van der Waals surface area (Å²) in [4.78, 5) is 22.8. The Morgan fingerprint density at radius 1 is 1.14 bits per heavy atom. The lowest BCUT2D eigenvalue weighted by atomic mass is 10.0. The van der Waals surface area contributed by atoms with Crippen molar-refractivity contribution >= 4 is 22.6 Å². The maximum Gasteiger partial charge on any atom is 0.239 e. The molecule has 0 fully saturated rings. The smallest absolute Gasteiger partial charge is 0.239 e. The molecule has 0 aliphatic heterocycles. The van der Waals surface area contributed by atoms with Crippen molar-refractivity contribution in [2.24, 2.45) is 11.5 Å². The lowest BCUT2D eigenvalue weighted by molar-refractivity contribution is -0.127. The lowest BCUT2D eigenvalue weighted by Gasteiger charge is -2.15. The van der Waals surface area contributed by atoms with Gasteiger partial charge in [0.05, 0.1) is 6.04 Å². The summed E-state index contributed by atoms with van der Waals surface area (Å²) in [6.07, 6.45) is 0.405. The van der Waals surface area contributed by atoms with Crippen molar-refractivity contribution in [3.63, 3.8) is 0 Å². The second kappa shape index (κ2) is 6.37. The van der Waals surface area contributed by atoms with E-state index in [0.29, 0.717) is 6.42 Å². The van der Waals surface area contributed by atoms with Crippen molar-refractivity contribution in [1.29, 1.82) is 0 Å². The quantitative estimate of drug-likeness (QED) is 0.754. The number of hydrogen-bond acceptors (Lipinski definition) is 3. The molecule has 0 spiro atoms. The molecule has 5 N–H and O–H groups in total. The van der Waals surface area contributed by atoms with Gasteiger partial charge in [-0.25, -0.2) is 0 Å². The molecule has 21 heavy (non-hydrogen) atoms. The summed E-state index contributed by atoms with van der Waals surface area (Å²) in [6.45, 7) is 1.53. The average Bonchev–Trinajstić information content (AvgIpc) is 2.46. The molecule has 0 heterocycles. The van der Waals surface area contributed by atoms with Crippen LogP contribution in [0.4, 0.5) is 0 Å². The number of benzene rings is 2. The van der Waals surface area contributed by atoms with Crippen LogP contribution in [0.3, 0.4) is 0 Å². The SMILES string of the molecule is C[C@H](NC(=O)[C@H](N)Cc1ccc2ccccc2c1)C(N)=O. The van der Waals surface area contributed by atoms with Crippen LogP contribution in [-0.4, -0.2) is 23.9 Å². The minimum absolute atomic E-state index is 0.380. The highest BCUT2D eigenvalue weighted by molar-refractivity contribution is 5.89. The highest BCUT2D eigenvalue weighted by Crippen LogP contribution is 2.16. The number of carbonyl (C=O) groups is 2. The van der Waals surface area contributed by atoms with Gasteiger partial charge in [-0.3, -0.25) is 9.59 Å². The van der Waals surface area contributed by atoms with E-state index in [4.69, 9.17) is 11.5 Å². The summed E-state index contributed by atoms with van der Waals surface area (Å²) >= 11 is 0. The monoisotopic (exact) mass is 285 g/mol. The molecule has 0 unspecified atom stereocenters. The Morgan fingerprint density at radius 3 is 2.48 bits per heavy atom. The predicted molar refractivity (Wildman–Crippen MR) is 82.4 cm³/mol. The molecule has 0 aromatic heterocycles. The number of rotatable bonds is 5. The molecule has 110 valence electrons. The molecule has 0 bridgehead atoms. The van der Waals surface area contributed by atoms with Gasteiger partial charge in [0.2, 0.25) is 11.8 Å². The molecule has 2 atom stereocenters. The van der Waals surface area contributed by atoms with E-state index in [1.165, 1.54) is 6.92 Å². The van der Waals surface area contributed by atoms with E-state index >= 15 is 0 Å². The summed E-state index contributed by atoms with van der Waals surface area (Å²) in [7, 11) is 0. The number of hydrogen-bond donors (Lipinski definition) is 3. The van der Waals surface area contributed by atoms with Crippen molar-refractivity contribution in [2.45, 2.75) is 25.4 Å². The number of amides is 2. The zero-order chi connectivity index (χ0) is 15.4. The van der Waals surface area contributed by atoms with Crippen LogP contribution in [0.2, 0.25) is 0 Å². The van der Waals surface area contributed by atoms with Crippen LogP contribution in [0.5, 0.6) is 0 Å². The Labute approximate surface area is 123 Å². The minimum atomic E-state index is -0.722. The van der Waals surface area contributed by atoms with Gasteiger partial charge in [-0.2, -0.15) is 0 Å². The second-order valence-corrected chi connectivity index (χ2v) is 5.12. The van der Waals surface area contributed by atoms with Gasteiger partial charge in [-0.05, 0) is 29.7 Å². The van der Waals surface area contributed by atoms with Crippen molar-refractivity contribution in [3.8, 4) is 0 Å². The van der Waals surface area contributed by atoms with E-state index in [9.17, 15) is 9.59 Å². The number of carbonyl (C=O) groups excluding carboxylic acids is 2. The number of fused-ring (bicyclic) bond motifs is 1. The molecule has 0 saturated carbocycles. The first-order valence-electron chi connectivity index (χ1n) is 6.80. The van der Waals surface area contributed by atoms with E-state index in [-0.39, 0.29) is 5.91 Å². The van der Waals surface area contributed by atoms with Crippen molar-refractivity contribution in [3.05, 3.63) is 48.0 Å². The zero-order valence-electron chi connectivity index (χ0n) is 11.9. The van der Waals surface area contributed by atoms with Gasteiger partial charge in [0.25, 0.3) is 0 Å². The molecule has 2 rings (SSSR count). The Kier molecular flexibility index (Phi) is 4.55. The van der Waals surface area contributed by atoms with E-state index in [1.54, 1.807) is 0 Å². The summed E-state index contributed by atoms with van der Waals surface area (Å²) in [6, 6.07) is 12.5. The zero-order valence-corrected chi connectivity index (χ0v) is 11.9. The standard InChI is InChI=1S/C16H19N3O2/c1-10(15(18)20)19-16(21)14(17)9-11-6-7-12-4-2-3-5-13(12)8-11/h2-8,10,14H,9,17H2,1H3,(H2,18,20)(H,19,21)/t10-,14+/m0/s1. The van der Waals surface area contributed by atoms with E-state index in [1.807, 2.05) is 42.5 Å². The molecule has 5 nitrogen and oxygen atoms in total. The third-order valence-electron chi connectivity index (χ3n) is 3.39. The van der Waals surface area contributed by atoms with Crippen molar-refractivity contribution in [1.82, 2.24) is 5.32 Å². The molecule has 5 heteroatoms. The first-order chi connectivity index (χ1) is 9.97. The largest absolute Gasteiger partial charge is 0.368 e. The summed E-state index contributed by atoms with van der Waals surface area (Å²) in [5.41, 5.74) is 12.0. The second-order valence-electron chi connectivity index (χ2n) is 5.12. The van der Waals surface area contributed by atoms with Crippen molar-refractivity contribution < 1.29 is 9.59 Å². The number of nitrogens with two attached hydrogens (primary N) is 2. The third-order valence-corrected chi connectivity index (χ3v) is 3.39. The minimum Gasteiger partial charge on any atom is -0.368 e. The Morgan fingerprint density at radius 2 is 1.81 bits per heavy atom. The van der Waals surface area contributed by atoms with Gasteiger partial charge >= 0.3 is 0 Å². The molecule has 0 aliphatic rings. The highest BCUT2D eigenvalue weighted by Gasteiger charge is 2.18. The fourth-order valence-electron chi connectivity index (χ4n) is 2.10. The molecule has 0 saturated heterocycles. The maximum atomic E-state index is 11.9. The fourth-order valence-corrected chi connectivity index (χ4v) is 2.10. The van der Waals surface area contributed by atoms with Gasteiger partial charge in [0.15, 0.2) is 0 Å². The summed E-state index contributed by atoms with van der Waals surface area (Å²) < 4.78 is 0. The lowest BCUT2D eigenvalue weighted by Crippen LogP contribution is -2.49. The van der Waals surface area contributed by atoms with Gasteiger partial charge in [0, 0.05) is 0 Å². The first-order valence-corrected chi connectivity index (χ1v) is 6.80. The fraction of sp³-hybridized carbons (Fsp3) is 0.250. The van der Waals surface area contributed by atoms with Crippen LogP contribution in [0.15, 0.2) is 42.5 Å². The van der Waals surface area contributed by atoms with Crippen LogP contribution < -0.4 is 16.8 Å². The molecule has 2 aromatic carbocycles. The van der Waals surface area contributed by atoms with E-state index in [2.05, 4.69) is 5.32 Å². The molecule has 0 aliphatic carbocycles. The van der Waals surface area contributed by atoms with E-state index in [0.717, 1.165) is 16.3 Å². The van der Waals surface area contributed by atoms with Crippen LogP contribution in [0.1, 0.15) is 12.5 Å². The maximum absolute atomic E-state index is 11.9. The highest BCUT2D eigenvalue weighted by atomic mass is 16.2. The van der Waals surface area contributed by atoms with Crippen LogP contribution in [0.25, 0.3) is 10.8 Å². The van der Waals surface area contributed by atoms with Gasteiger partial charge < -0.3 is 16.8 Å². The topological polar surface area (TPSA) is 98.2 Å². The molecule has 2 aromatic rings. The molecular weight excluding hydrogens is 266 g/mol. The van der Waals surface area contributed by atoms with Crippen LogP contribution >= 0.6 is 0 Å². The first kappa shape index (κ1) is 15.0. The number of nitrogens with one attached hydrogen (secondary N) is 1. The predicted octanol–water partition coefficient (Wildman–Crippen LogP) is 0.700. The van der Waals surface area contributed by atoms with Crippen LogP contribution in [-0.2, 0) is 16.0 Å². The Bertz CT molecular complexity index is 669. The van der Waals surface area contributed by atoms with Gasteiger partial charge in [-0.1, -0.05) is 42.5 Å². The normalized spacial score (nSPS) is 13.6. The summed E-state index contributed by atoms with van der Waals surface area (Å²) in [5, 5.41) is 4.74. The van der Waals surface area contributed by atoms with Gasteiger partial charge in [0.1, 0.15) is 6.04 Å². The molecule has 0 radical (unpaired) electrons. The van der Waals surface area contributed by atoms with Crippen molar-refractivity contribution in [2.75, 3.05) is 0 Å². The summed E-state index contributed by atoms with van der Waals surface area (Å²) in [5.74, 6) is -0.962. The Balaban J connectivity index is 2.05. The van der Waals surface area contributed by atoms with Crippen LogP contribution in [0, 0.1) is 0 Å². The van der Waals surface area contributed by atoms with Gasteiger partial charge in [-0.15, -0.1) is 0 Å². The Hall–Kier alpha value is -2.40. The third kappa shape index (κ3) is 3.79. The average molecular weight is 285 g/mol.